The maximum Gasteiger partial charge on any atom is 0.244 e. The lowest BCUT2D eigenvalue weighted by Gasteiger charge is -2.14. The van der Waals surface area contributed by atoms with E-state index in [9.17, 15) is 4.79 Å². The zero-order chi connectivity index (χ0) is 14.5. The summed E-state index contributed by atoms with van der Waals surface area (Å²) in [5.74, 6) is 0.400. The molecule has 1 unspecified atom stereocenters. The molecule has 1 amide bonds. The number of hydrogen-bond acceptors (Lipinski definition) is 2. The van der Waals surface area contributed by atoms with Gasteiger partial charge < -0.3 is 9.73 Å². The van der Waals surface area contributed by atoms with Crippen LogP contribution in [0.1, 0.15) is 24.3 Å². The third kappa shape index (κ3) is 3.89. The molecule has 2 aromatic rings. The largest absolute Gasteiger partial charge is 0.465 e. The predicted molar refractivity (Wildman–Crippen MR) is 80.8 cm³/mol. The van der Waals surface area contributed by atoms with Crippen molar-refractivity contribution in [2.45, 2.75) is 13.0 Å². The van der Waals surface area contributed by atoms with Crippen LogP contribution in [0.2, 0.25) is 10.0 Å². The SMILES string of the molecule is CC(NC(=O)C=Cc1ccco1)c1ccc(Cl)cc1Cl. The molecule has 1 aromatic carbocycles. The molecule has 104 valence electrons. The van der Waals surface area contributed by atoms with Gasteiger partial charge in [-0.3, -0.25) is 4.79 Å². The Hall–Kier alpha value is -1.71. The van der Waals surface area contributed by atoms with E-state index >= 15 is 0 Å². The summed E-state index contributed by atoms with van der Waals surface area (Å²) >= 11 is 11.9. The number of rotatable bonds is 4. The number of carbonyl (C=O) groups excluding carboxylic acids is 1. The lowest BCUT2D eigenvalue weighted by Crippen LogP contribution is -2.24. The van der Waals surface area contributed by atoms with Gasteiger partial charge in [0, 0.05) is 16.1 Å². The fourth-order valence-electron chi connectivity index (χ4n) is 1.74. The van der Waals surface area contributed by atoms with Gasteiger partial charge in [-0.1, -0.05) is 29.3 Å². The quantitative estimate of drug-likeness (QED) is 0.846. The molecular weight excluding hydrogens is 297 g/mol. The number of benzene rings is 1. The fourth-order valence-corrected chi connectivity index (χ4v) is 2.31. The molecule has 0 aliphatic carbocycles. The van der Waals surface area contributed by atoms with Crippen LogP contribution in [0.4, 0.5) is 0 Å². The molecule has 0 aliphatic rings. The van der Waals surface area contributed by atoms with Crippen molar-refractivity contribution in [1.29, 1.82) is 0 Å². The number of hydrogen-bond donors (Lipinski definition) is 1. The number of nitrogens with one attached hydrogen (secondary N) is 1. The molecule has 0 radical (unpaired) electrons. The van der Waals surface area contributed by atoms with Crippen LogP contribution < -0.4 is 5.32 Å². The number of carbonyl (C=O) groups is 1. The number of amides is 1. The molecule has 5 heteroatoms. The molecule has 3 nitrogen and oxygen atoms in total. The highest BCUT2D eigenvalue weighted by Gasteiger charge is 2.11. The molecule has 1 N–H and O–H groups in total. The zero-order valence-corrected chi connectivity index (χ0v) is 12.3. The van der Waals surface area contributed by atoms with Gasteiger partial charge >= 0.3 is 0 Å². The van der Waals surface area contributed by atoms with E-state index < -0.39 is 0 Å². The molecule has 0 saturated carbocycles. The molecule has 2 rings (SSSR count). The summed E-state index contributed by atoms with van der Waals surface area (Å²) in [4.78, 5) is 11.8. The monoisotopic (exact) mass is 309 g/mol. The first-order chi connectivity index (χ1) is 9.56. The Morgan fingerprint density at radius 1 is 1.35 bits per heavy atom. The van der Waals surface area contributed by atoms with Crippen molar-refractivity contribution < 1.29 is 9.21 Å². The highest BCUT2D eigenvalue weighted by molar-refractivity contribution is 6.35. The molecule has 0 bridgehead atoms. The van der Waals surface area contributed by atoms with Crippen molar-refractivity contribution >= 4 is 35.2 Å². The van der Waals surface area contributed by atoms with Gasteiger partial charge in [0.05, 0.1) is 12.3 Å². The van der Waals surface area contributed by atoms with Crippen LogP contribution >= 0.6 is 23.2 Å². The molecular formula is C15H13Cl2NO2. The summed E-state index contributed by atoms with van der Waals surface area (Å²) in [6.45, 7) is 1.85. The summed E-state index contributed by atoms with van der Waals surface area (Å²) in [5.41, 5.74) is 0.816. The van der Waals surface area contributed by atoms with Crippen LogP contribution in [0.25, 0.3) is 6.08 Å². The van der Waals surface area contributed by atoms with Gasteiger partial charge in [0.25, 0.3) is 0 Å². The second-order valence-electron chi connectivity index (χ2n) is 4.24. The maximum atomic E-state index is 11.8. The average molecular weight is 310 g/mol. The minimum atomic E-state index is -0.222. The van der Waals surface area contributed by atoms with Crippen LogP contribution in [-0.4, -0.2) is 5.91 Å². The van der Waals surface area contributed by atoms with Crippen LogP contribution in [0.5, 0.6) is 0 Å². The summed E-state index contributed by atoms with van der Waals surface area (Å²) in [6, 6.07) is 8.50. The van der Waals surface area contributed by atoms with Gasteiger partial charge in [-0.05, 0) is 42.8 Å². The minimum absolute atomic E-state index is 0.214. The van der Waals surface area contributed by atoms with Crippen molar-refractivity contribution in [2.24, 2.45) is 0 Å². The Kier molecular flexibility index (Phi) is 4.88. The van der Waals surface area contributed by atoms with Crippen molar-refractivity contribution in [1.82, 2.24) is 5.32 Å². The van der Waals surface area contributed by atoms with E-state index in [1.54, 1.807) is 42.7 Å². The second kappa shape index (κ2) is 6.64. The van der Waals surface area contributed by atoms with E-state index in [1.807, 2.05) is 6.92 Å². The highest BCUT2D eigenvalue weighted by atomic mass is 35.5. The van der Waals surface area contributed by atoms with Gasteiger partial charge in [-0.25, -0.2) is 0 Å². The smallest absolute Gasteiger partial charge is 0.244 e. The first-order valence-electron chi connectivity index (χ1n) is 6.03. The molecule has 0 aliphatic heterocycles. The lowest BCUT2D eigenvalue weighted by atomic mass is 10.1. The Labute approximate surface area is 127 Å². The fraction of sp³-hybridized carbons (Fsp3) is 0.133. The van der Waals surface area contributed by atoms with Crippen molar-refractivity contribution in [2.75, 3.05) is 0 Å². The van der Waals surface area contributed by atoms with E-state index in [0.717, 1.165) is 5.56 Å². The minimum Gasteiger partial charge on any atom is -0.465 e. The first kappa shape index (κ1) is 14.7. The standard InChI is InChI=1S/C15H13Cl2NO2/c1-10(13-6-4-11(16)9-14(13)17)18-15(19)7-5-12-3-2-8-20-12/h2-10H,1H3,(H,18,19). The van der Waals surface area contributed by atoms with E-state index in [1.165, 1.54) is 6.08 Å². The lowest BCUT2D eigenvalue weighted by molar-refractivity contribution is -0.117. The summed E-state index contributed by atoms with van der Waals surface area (Å²) in [7, 11) is 0. The Morgan fingerprint density at radius 3 is 2.80 bits per heavy atom. The maximum absolute atomic E-state index is 11.8. The summed E-state index contributed by atoms with van der Waals surface area (Å²) < 4.78 is 5.10. The van der Waals surface area contributed by atoms with E-state index in [0.29, 0.717) is 15.8 Å². The van der Waals surface area contributed by atoms with Gasteiger partial charge in [0.15, 0.2) is 0 Å². The van der Waals surface area contributed by atoms with Gasteiger partial charge in [0.1, 0.15) is 5.76 Å². The third-order valence-electron chi connectivity index (χ3n) is 2.73. The molecule has 1 atom stereocenters. The number of halogens is 2. The predicted octanol–water partition coefficient (Wildman–Crippen LogP) is 4.48. The van der Waals surface area contributed by atoms with Crippen LogP contribution in [0.3, 0.4) is 0 Å². The van der Waals surface area contributed by atoms with Crippen molar-refractivity contribution in [3.8, 4) is 0 Å². The Morgan fingerprint density at radius 2 is 2.15 bits per heavy atom. The van der Waals surface area contributed by atoms with E-state index in [-0.39, 0.29) is 11.9 Å². The van der Waals surface area contributed by atoms with E-state index in [4.69, 9.17) is 27.6 Å². The first-order valence-corrected chi connectivity index (χ1v) is 6.79. The third-order valence-corrected chi connectivity index (χ3v) is 3.29. The zero-order valence-electron chi connectivity index (χ0n) is 10.8. The summed E-state index contributed by atoms with van der Waals surface area (Å²) in [6.07, 6.45) is 4.57. The molecule has 1 heterocycles. The average Bonchev–Trinajstić information content (AvgIpc) is 2.89. The Bertz CT molecular complexity index is 621. The summed E-state index contributed by atoms with van der Waals surface area (Å²) in [5, 5.41) is 3.92. The van der Waals surface area contributed by atoms with Crippen molar-refractivity contribution in [3.05, 3.63) is 64.0 Å². The molecule has 1 aromatic heterocycles. The Balaban J connectivity index is 2.00. The topological polar surface area (TPSA) is 42.2 Å². The van der Waals surface area contributed by atoms with Gasteiger partial charge in [-0.2, -0.15) is 0 Å². The van der Waals surface area contributed by atoms with E-state index in [2.05, 4.69) is 5.32 Å². The van der Waals surface area contributed by atoms with Gasteiger partial charge in [-0.15, -0.1) is 0 Å². The normalized spacial score (nSPS) is 12.6. The molecule has 0 fully saturated rings. The molecule has 20 heavy (non-hydrogen) atoms. The second-order valence-corrected chi connectivity index (χ2v) is 5.09. The molecule has 0 spiro atoms. The van der Waals surface area contributed by atoms with Crippen LogP contribution in [0.15, 0.2) is 47.1 Å². The highest BCUT2D eigenvalue weighted by Crippen LogP contribution is 2.26. The molecule has 0 saturated heterocycles. The van der Waals surface area contributed by atoms with Crippen LogP contribution in [-0.2, 0) is 4.79 Å². The van der Waals surface area contributed by atoms with Crippen LogP contribution in [0, 0.1) is 0 Å². The van der Waals surface area contributed by atoms with Gasteiger partial charge in [0.2, 0.25) is 5.91 Å². The van der Waals surface area contributed by atoms with Crippen molar-refractivity contribution in [3.63, 3.8) is 0 Å². The number of furan rings is 1.